The van der Waals surface area contributed by atoms with Gasteiger partial charge in [-0.05, 0) is 24.2 Å². The Morgan fingerprint density at radius 2 is 1.68 bits per heavy atom. The number of aromatic nitrogens is 1. The van der Waals surface area contributed by atoms with E-state index in [2.05, 4.69) is 32.5 Å². The summed E-state index contributed by atoms with van der Waals surface area (Å²) in [6, 6.07) is 13.4. The Bertz CT molecular complexity index is 771. The van der Waals surface area contributed by atoms with E-state index in [9.17, 15) is 9.59 Å². The topological polar surface area (TPSA) is 77.6 Å². The van der Waals surface area contributed by atoms with Gasteiger partial charge in [0.05, 0.1) is 13.0 Å². The average molecular weight is 381 g/mol. The number of rotatable bonds is 7. The quantitative estimate of drug-likeness (QED) is 0.742. The van der Waals surface area contributed by atoms with Crippen LogP contribution in [0.1, 0.15) is 11.1 Å². The number of hydrogen-bond acceptors (Lipinski definition) is 5. The third kappa shape index (κ3) is 6.06. The van der Waals surface area contributed by atoms with Gasteiger partial charge in [-0.15, -0.1) is 0 Å². The summed E-state index contributed by atoms with van der Waals surface area (Å²) >= 11 is 0. The summed E-state index contributed by atoms with van der Waals surface area (Å²) in [6.45, 7) is 4.39. The highest BCUT2D eigenvalue weighted by molar-refractivity contribution is 5.85. The molecule has 2 heterocycles. The maximum atomic E-state index is 12.0. The van der Waals surface area contributed by atoms with Crippen molar-refractivity contribution < 1.29 is 9.59 Å². The van der Waals surface area contributed by atoms with Gasteiger partial charge in [0.1, 0.15) is 5.82 Å². The van der Waals surface area contributed by atoms with Gasteiger partial charge in [-0.25, -0.2) is 4.98 Å². The van der Waals surface area contributed by atoms with Crippen molar-refractivity contribution in [3.63, 3.8) is 0 Å². The van der Waals surface area contributed by atoms with Crippen molar-refractivity contribution in [1.82, 2.24) is 20.5 Å². The zero-order valence-corrected chi connectivity index (χ0v) is 16.2. The number of likely N-dealkylation sites (N-methyl/N-ethyl adjacent to an activating group) is 1. The van der Waals surface area contributed by atoms with Gasteiger partial charge in [0.2, 0.25) is 11.8 Å². The highest BCUT2D eigenvalue weighted by Gasteiger charge is 2.15. The van der Waals surface area contributed by atoms with Crippen LogP contribution in [0.15, 0.2) is 48.7 Å². The molecule has 2 N–H and O–H groups in total. The predicted molar refractivity (Wildman–Crippen MR) is 109 cm³/mol. The molecule has 7 nitrogen and oxygen atoms in total. The van der Waals surface area contributed by atoms with Crippen LogP contribution in [0.3, 0.4) is 0 Å². The van der Waals surface area contributed by atoms with Gasteiger partial charge >= 0.3 is 0 Å². The minimum atomic E-state index is -0.218. The molecule has 3 rings (SSSR count). The number of anilines is 1. The van der Waals surface area contributed by atoms with E-state index in [0.717, 1.165) is 43.1 Å². The summed E-state index contributed by atoms with van der Waals surface area (Å²) in [6.07, 6.45) is 2.06. The minimum absolute atomic E-state index is 0.0293. The van der Waals surface area contributed by atoms with Gasteiger partial charge in [0.15, 0.2) is 0 Å². The number of pyridine rings is 1. The molecule has 148 valence electrons. The van der Waals surface area contributed by atoms with Crippen molar-refractivity contribution in [2.75, 3.05) is 44.7 Å². The van der Waals surface area contributed by atoms with E-state index < -0.39 is 0 Å². The number of nitrogens with one attached hydrogen (secondary N) is 2. The van der Waals surface area contributed by atoms with Crippen molar-refractivity contribution >= 4 is 17.6 Å². The molecule has 0 radical (unpaired) electrons. The first kappa shape index (κ1) is 19.8. The molecule has 1 aliphatic rings. The van der Waals surface area contributed by atoms with E-state index in [1.807, 2.05) is 42.5 Å². The van der Waals surface area contributed by atoms with E-state index in [1.54, 1.807) is 6.20 Å². The summed E-state index contributed by atoms with van der Waals surface area (Å²) in [5.41, 5.74) is 1.86. The van der Waals surface area contributed by atoms with Crippen LogP contribution in [0, 0.1) is 0 Å². The third-order valence-corrected chi connectivity index (χ3v) is 4.78. The summed E-state index contributed by atoms with van der Waals surface area (Å²) in [7, 11) is 2.13. The Morgan fingerprint density at radius 1 is 0.929 bits per heavy atom. The zero-order chi connectivity index (χ0) is 19.8. The smallest absolute Gasteiger partial charge is 0.239 e. The van der Waals surface area contributed by atoms with Gasteiger partial charge in [0.25, 0.3) is 0 Å². The lowest BCUT2D eigenvalue weighted by Crippen LogP contribution is -2.44. The first-order valence-electron chi connectivity index (χ1n) is 9.56. The molecule has 0 bridgehead atoms. The van der Waals surface area contributed by atoms with Crippen LogP contribution in [0.2, 0.25) is 0 Å². The van der Waals surface area contributed by atoms with Crippen LogP contribution in [0.4, 0.5) is 5.82 Å². The average Bonchev–Trinajstić information content (AvgIpc) is 2.72. The molecule has 7 heteroatoms. The molecule has 1 fully saturated rings. The summed E-state index contributed by atoms with van der Waals surface area (Å²) < 4.78 is 0. The fraction of sp³-hybridized carbons (Fsp3) is 0.381. The number of hydrogen-bond donors (Lipinski definition) is 2. The number of nitrogens with zero attached hydrogens (tertiary/aromatic N) is 3. The fourth-order valence-electron chi connectivity index (χ4n) is 3.03. The number of benzene rings is 1. The molecule has 1 aliphatic heterocycles. The highest BCUT2D eigenvalue weighted by atomic mass is 16.2. The number of carbonyl (C=O) groups is 2. The van der Waals surface area contributed by atoms with Crippen molar-refractivity contribution in [2.45, 2.75) is 13.0 Å². The first-order valence-corrected chi connectivity index (χ1v) is 9.56. The number of carbonyl (C=O) groups excluding carboxylic acids is 2. The second-order valence-corrected chi connectivity index (χ2v) is 7.03. The third-order valence-electron chi connectivity index (χ3n) is 4.78. The second-order valence-electron chi connectivity index (χ2n) is 7.03. The standard InChI is InChI=1S/C21H27N5O2/c1-25-9-11-26(12-10-25)19-8-7-18(14-22-19)15-23-21(28)16-24-20(27)13-17-5-3-2-4-6-17/h2-8,14H,9-13,15-16H2,1H3,(H,23,28)(H,24,27). The summed E-state index contributed by atoms with van der Waals surface area (Å²) in [5, 5.41) is 5.45. The molecule has 0 aliphatic carbocycles. The van der Waals surface area contributed by atoms with Gasteiger partial charge < -0.3 is 20.4 Å². The van der Waals surface area contributed by atoms with Crippen molar-refractivity contribution in [3.05, 3.63) is 59.8 Å². The van der Waals surface area contributed by atoms with E-state index in [1.165, 1.54) is 0 Å². The maximum Gasteiger partial charge on any atom is 0.239 e. The van der Waals surface area contributed by atoms with Gasteiger partial charge in [-0.2, -0.15) is 0 Å². The molecular weight excluding hydrogens is 354 g/mol. The Balaban J connectivity index is 1.37. The number of amides is 2. The van der Waals surface area contributed by atoms with Crippen LogP contribution < -0.4 is 15.5 Å². The molecule has 1 aromatic carbocycles. The van der Waals surface area contributed by atoms with E-state index in [0.29, 0.717) is 6.54 Å². The second kappa shape index (κ2) is 9.85. The Kier molecular flexibility index (Phi) is 6.97. The van der Waals surface area contributed by atoms with Crippen LogP contribution in [0.25, 0.3) is 0 Å². The molecule has 1 aromatic heterocycles. The lowest BCUT2D eigenvalue weighted by atomic mass is 10.1. The van der Waals surface area contributed by atoms with E-state index in [-0.39, 0.29) is 24.8 Å². The molecule has 0 atom stereocenters. The van der Waals surface area contributed by atoms with Gasteiger partial charge in [-0.3, -0.25) is 9.59 Å². The van der Waals surface area contributed by atoms with Crippen molar-refractivity contribution in [3.8, 4) is 0 Å². The van der Waals surface area contributed by atoms with Crippen LogP contribution in [-0.2, 0) is 22.6 Å². The highest BCUT2D eigenvalue weighted by Crippen LogP contribution is 2.13. The molecule has 28 heavy (non-hydrogen) atoms. The van der Waals surface area contributed by atoms with Crippen LogP contribution in [-0.4, -0.2) is 61.5 Å². The fourth-order valence-corrected chi connectivity index (χ4v) is 3.03. The minimum Gasteiger partial charge on any atom is -0.354 e. The molecule has 0 saturated carbocycles. The molecular formula is C21H27N5O2. The first-order chi connectivity index (χ1) is 13.6. The van der Waals surface area contributed by atoms with Gasteiger partial charge in [0, 0.05) is 38.9 Å². The Hall–Kier alpha value is -2.93. The predicted octanol–water partition coefficient (Wildman–Crippen LogP) is 0.809. The zero-order valence-electron chi connectivity index (χ0n) is 16.2. The van der Waals surface area contributed by atoms with E-state index in [4.69, 9.17) is 0 Å². The monoisotopic (exact) mass is 381 g/mol. The Labute approximate surface area is 165 Å². The number of piperazine rings is 1. The molecule has 1 saturated heterocycles. The maximum absolute atomic E-state index is 12.0. The van der Waals surface area contributed by atoms with E-state index >= 15 is 0 Å². The Morgan fingerprint density at radius 3 is 2.36 bits per heavy atom. The summed E-state index contributed by atoms with van der Waals surface area (Å²) in [4.78, 5) is 32.9. The molecule has 2 amide bonds. The molecule has 0 unspecified atom stereocenters. The van der Waals surface area contributed by atoms with Crippen LogP contribution >= 0.6 is 0 Å². The van der Waals surface area contributed by atoms with Crippen molar-refractivity contribution in [2.24, 2.45) is 0 Å². The summed E-state index contributed by atoms with van der Waals surface area (Å²) in [5.74, 6) is 0.584. The van der Waals surface area contributed by atoms with Gasteiger partial charge in [-0.1, -0.05) is 36.4 Å². The molecule has 0 spiro atoms. The lowest BCUT2D eigenvalue weighted by molar-refractivity contribution is -0.125. The van der Waals surface area contributed by atoms with Crippen LogP contribution in [0.5, 0.6) is 0 Å². The normalized spacial score (nSPS) is 14.5. The van der Waals surface area contributed by atoms with Crippen molar-refractivity contribution in [1.29, 1.82) is 0 Å². The SMILES string of the molecule is CN1CCN(c2ccc(CNC(=O)CNC(=O)Cc3ccccc3)cn2)CC1. The lowest BCUT2D eigenvalue weighted by Gasteiger charge is -2.33. The largest absolute Gasteiger partial charge is 0.354 e. The molecule has 2 aromatic rings.